The highest BCUT2D eigenvalue weighted by molar-refractivity contribution is 6.02. The first-order valence-electron chi connectivity index (χ1n) is 9.75. The summed E-state index contributed by atoms with van der Waals surface area (Å²) in [5.41, 5.74) is 2.32. The van der Waals surface area contributed by atoms with E-state index in [4.69, 9.17) is 0 Å². The Labute approximate surface area is 172 Å². The van der Waals surface area contributed by atoms with Crippen molar-refractivity contribution in [2.24, 2.45) is 0 Å². The second kappa shape index (κ2) is 10.3. The molecular formula is C23H27N5O. The lowest BCUT2D eigenvalue weighted by Gasteiger charge is -2.25. The molecule has 2 aromatic carbocycles. The average molecular weight is 390 g/mol. The summed E-state index contributed by atoms with van der Waals surface area (Å²) in [5, 5.41) is 11.3. The topological polar surface area (TPSA) is 61.4 Å². The van der Waals surface area contributed by atoms with Gasteiger partial charge in [-0.2, -0.15) is 0 Å². The SMILES string of the molecule is CN(C)CCN(CCc1ccccc1)c1ccc(C(=O)Nc2ccccc2)nn1. The zero-order valence-electron chi connectivity index (χ0n) is 17.0. The van der Waals surface area contributed by atoms with Gasteiger partial charge in [-0.25, -0.2) is 0 Å². The van der Waals surface area contributed by atoms with Crippen molar-refractivity contribution in [3.63, 3.8) is 0 Å². The second-order valence-electron chi connectivity index (χ2n) is 7.12. The van der Waals surface area contributed by atoms with E-state index in [0.717, 1.165) is 37.6 Å². The first kappa shape index (κ1) is 20.5. The van der Waals surface area contributed by atoms with E-state index in [9.17, 15) is 4.79 Å². The number of benzene rings is 2. The Morgan fingerprint density at radius 2 is 1.52 bits per heavy atom. The van der Waals surface area contributed by atoms with Crippen molar-refractivity contribution >= 4 is 17.4 Å². The van der Waals surface area contributed by atoms with Gasteiger partial charge >= 0.3 is 0 Å². The number of aromatic nitrogens is 2. The van der Waals surface area contributed by atoms with Gasteiger partial charge in [0.05, 0.1) is 0 Å². The van der Waals surface area contributed by atoms with Crippen molar-refractivity contribution in [1.29, 1.82) is 0 Å². The van der Waals surface area contributed by atoms with Crippen molar-refractivity contribution in [2.75, 3.05) is 43.9 Å². The van der Waals surface area contributed by atoms with Crippen LogP contribution < -0.4 is 10.2 Å². The highest BCUT2D eigenvalue weighted by atomic mass is 16.1. The van der Waals surface area contributed by atoms with Gasteiger partial charge in [0, 0.05) is 25.3 Å². The quantitative estimate of drug-likeness (QED) is 0.608. The molecule has 0 aliphatic heterocycles. The molecule has 0 aliphatic carbocycles. The molecule has 1 aromatic heterocycles. The highest BCUT2D eigenvalue weighted by Gasteiger charge is 2.13. The van der Waals surface area contributed by atoms with Crippen molar-refractivity contribution < 1.29 is 4.79 Å². The fourth-order valence-electron chi connectivity index (χ4n) is 2.90. The third-order valence-electron chi connectivity index (χ3n) is 4.57. The van der Waals surface area contributed by atoms with E-state index in [1.54, 1.807) is 6.07 Å². The van der Waals surface area contributed by atoms with Crippen LogP contribution in [0.15, 0.2) is 72.8 Å². The number of amides is 1. The summed E-state index contributed by atoms with van der Waals surface area (Å²) < 4.78 is 0. The van der Waals surface area contributed by atoms with E-state index in [1.165, 1.54) is 5.56 Å². The van der Waals surface area contributed by atoms with Crippen molar-refractivity contribution in [3.05, 3.63) is 84.1 Å². The minimum atomic E-state index is -0.264. The van der Waals surface area contributed by atoms with Gasteiger partial charge in [-0.05, 0) is 50.3 Å². The van der Waals surface area contributed by atoms with Gasteiger partial charge in [0.15, 0.2) is 11.5 Å². The molecule has 150 valence electrons. The van der Waals surface area contributed by atoms with Gasteiger partial charge < -0.3 is 15.1 Å². The molecule has 0 unspecified atom stereocenters. The van der Waals surface area contributed by atoms with Gasteiger partial charge in [0.2, 0.25) is 0 Å². The number of nitrogens with zero attached hydrogens (tertiary/aromatic N) is 4. The van der Waals surface area contributed by atoms with Gasteiger partial charge in [-0.15, -0.1) is 10.2 Å². The molecule has 6 nitrogen and oxygen atoms in total. The predicted molar refractivity (Wildman–Crippen MR) is 117 cm³/mol. The standard InChI is InChI=1S/C23H27N5O/c1-27(2)17-18-28(16-15-19-9-5-3-6-10-19)22-14-13-21(25-26-22)23(29)24-20-11-7-4-8-12-20/h3-14H,15-18H2,1-2H3,(H,24,29). The summed E-state index contributed by atoms with van der Waals surface area (Å²) in [6, 6.07) is 23.3. The maximum absolute atomic E-state index is 12.4. The molecule has 29 heavy (non-hydrogen) atoms. The lowest BCUT2D eigenvalue weighted by molar-refractivity contribution is 0.102. The van der Waals surface area contributed by atoms with E-state index in [2.05, 4.69) is 63.7 Å². The Balaban J connectivity index is 1.67. The molecule has 1 amide bonds. The van der Waals surface area contributed by atoms with Crippen molar-refractivity contribution in [1.82, 2.24) is 15.1 Å². The van der Waals surface area contributed by atoms with Crippen LogP contribution in [0.3, 0.4) is 0 Å². The summed E-state index contributed by atoms with van der Waals surface area (Å²) in [5.74, 6) is 0.512. The molecule has 0 spiro atoms. The molecule has 1 N–H and O–H groups in total. The van der Waals surface area contributed by atoms with Gasteiger partial charge in [-0.1, -0.05) is 48.5 Å². The Kier molecular flexibility index (Phi) is 7.30. The zero-order valence-corrected chi connectivity index (χ0v) is 17.0. The number of hydrogen-bond donors (Lipinski definition) is 1. The van der Waals surface area contributed by atoms with E-state index < -0.39 is 0 Å². The second-order valence-corrected chi connectivity index (χ2v) is 7.12. The minimum absolute atomic E-state index is 0.264. The molecule has 6 heteroatoms. The Hall–Kier alpha value is -3.25. The fraction of sp³-hybridized carbons (Fsp3) is 0.261. The average Bonchev–Trinajstić information content (AvgIpc) is 2.75. The van der Waals surface area contributed by atoms with Crippen LogP contribution in [0.5, 0.6) is 0 Å². The smallest absolute Gasteiger partial charge is 0.276 e. The summed E-state index contributed by atoms with van der Waals surface area (Å²) in [6.07, 6.45) is 0.923. The number of para-hydroxylation sites is 1. The van der Waals surface area contributed by atoms with Gasteiger partial charge in [0.1, 0.15) is 0 Å². The van der Waals surface area contributed by atoms with Crippen LogP contribution in [0.1, 0.15) is 16.1 Å². The fourth-order valence-corrected chi connectivity index (χ4v) is 2.90. The third-order valence-corrected chi connectivity index (χ3v) is 4.57. The Morgan fingerprint density at radius 3 is 2.14 bits per heavy atom. The minimum Gasteiger partial charge on any atom is -0.354 e. The molecular weight excluding hydrogens is 362 g/mol. The van der Waals surface area contributed by atoms with Crippen molar-refractivity contribution in [3.8, 4) is 0 Å². The summed E-state index contributed by atoms with van der Waals surface area (Å²) in [7, 11) is 4.11. The van der Waals surface area contributed by atoms with Gasteiger partial charge in [-0.3, -0.25) is 4.79 Å². The van der Waals surface area contributed by atoms with Crippen molar-refractivity contribution in [2.45, 2.75) is 6.42 Å². The monoisotopic (exact) mass is 389 g/mol. The molecule has 0 saturated heterocycles. The molecule has 0 atom stereocenters. The molecule has 0 bridgehead atoms. The van der Waals surface area contributed by atoms with Crippen LogP contribution in [0, 0.1) is 0 Å². The molecule has 3 rings (SSSR count). The van der Waals surface area contributed by atoms with Crippen LogP contribution in [0.2, 0.25) is 0 Å². The maximum Gasteiger partial charge on any atom is 0.276 e. The lowest BCUT2D eigenvalue weighted by atomic mass is 10.1. The van der Waals surface area contributed by atoms with Crippen LogP contribution in [-0.4, -0.2) is 54.7 Å². The highest BCUT2D eigenvalue weighted by Crippen LogP contribution is 2.13. The molecule has 0 fully saturated rings. The zero-order chi connectivity index (χ0) is 20.5. The van der Waals surface area contributed by atoms with Gasteiger partial charge in [0.25, 0.3) is 5.91 Å². The van der Waals surface area contributed by atoms with Crippen LogP contribution >= 0.6 is 0 Å². The maximum atomic E-state index is 12.4. The van der Waals surface area contributed by atoms with Crippen LogP contribution in [0.25, 0.3) is 0 Å². The van der Waals surface area contributed by atoms with Crippen LogP contribution in [-0.2, 0) is 6.42 Å². The van der Waals surface area contributed by atoms with E-state index in [1.807, 2.05) is 42.5 Å². The lowest BCUT2D eigenvalue weighted by Crippen LogP contribution is -2.34. The Bertz CT molecular complexity index is 882. The Morgan fingerprint density at radius 1 is 0.828 bits per heavy atom. The number of likely N-dealkylation sites (N-methyl/N-ethyl adjacent to an activating group) is 1. The predicted octanol–water partition coefficient (Wildman–Crippen LogP) is 3.34. The largest absolute Gasteiger partial charge is 0.354 e. The van der Waals surface area contributed by atoms with E-state index in [-0.39, 0.29) is 5.91 Å². The molecule has 1 heterocycles. The number of carbonyl (C=O) groups excluding carboxylic acids is 1. The first-order chi connectivity index (χ1) is 14.1. The summed E-state index contributed by atoms with van der Waals surface area (Å²) in [4.78, 5) is 16.7. The number of hydrogen-bond acceptors (Lipinski definition) is 5. The molecule has 0 aliphatic rings. The third kappa shape index (κ3) is 6.40. The number of rotatable bonds is 9. The van der Waals surface area contributed by atoms with Crippen LogP contribution in [0.4, 0.5) is 11.5 Å². The molecule has 0 radical (unpaired) electrons. The number of nitrogens with one attached hydrogen (secondary N) is 1. The molecule has 3 aromatic rings. The summed E-state index contributed by atoms with van der Waals surface area (Å²) in [6.45, 7) is 2.58. The molecule has 0 saturated carbocycles. The van der Waals surface area contributed by atoms with E-state index in [0.29, 0.717) is 5.69 Å². The first-order valence-corrected chi connectivity index (χ1v) is 9.75. The number of carbonyl (C=O) groups is 1. The normalized spacial score (nSPS) is 10.7. The van der Waals surface area contributed by atoms with E-state index >= 15 is 0 Å². The number of anilines is 2. The summed E-state index contributed by atoms with van der Waals surface area (Å²) >= 11 is 0.